The smallest absolute Gasteiger partial charge is 0.0595 e. The highest BCUT2D eigenvalue weighted by atomic mass is 35.5. The molecule has 1 heterocycles. The summed E-state index contributed by atoms with van der Waals surface area (Å²) in [6.07, 6.45) is 1.30. The Balaban J connectivity index is 2.01. The fourth-order valence-corrected chi connectivity index (χ4v) is 2.89. The van der Waals surface area contributed by atoms with Crippen molar-refractivity contribution in [2.24, 2.45) is 5.92 Å². The minimum absolute atomic E-state index is 0.383. The summed E-state index contributed by atoms with van der Waals surface area (Å²) in [5, 5.41) is 4.74. The molecule has 2 fully saturated rings. The lowest BCUT2D eigenvalue weighted by molar-refractivity contribution is 0.676. The second kappa shape index (κ2) is 2.88. The summed E-state index contributed by atoms with van der Waals surface area (Å²) in [7, 11) is 0. The Bertz CT molecular complexity index is 391. The van der Waals surface area contributed by atoms with Gasteiger partial charge in [-0.3, -0.25) is 0 Å². The van der Waals surface area contributed by atoms with E-state index in [1.165, 1.54) is 12.0 Å². The van der Waals surface area contributed by atoms with E-state index in [0.29, 0.717) is 15.5 Å². The third kappa shape index (κ3) is 1.13. The molecule has 0 amide bonds. The maximum absolute atomic E-state index is 6.02. The van der Waals surface area contributed by atoms with Gasteiger partial charge in [0, 0.05) is 12.0 Å². The van der Waals surface area contributed by atoms with Gasteiger partial charge in [-0.05, 0) is 36.6 Å². The monoisotopic (exact) mass is 227 g/mol. The van der Waals surface area contributed by atoms with Gasteiger partial charge in [0.15, 0.2) is 0 Å². The van der Waals surface area contributed by atoms with Gasteiger partial charge in [0.05, 0.1) is 10.0 Å². The first-order chi connectivity index (χ1) is 6.72. The lowest BCUT2D eigenvalue weighted by atomic mass is 9.95. The summed E-state index contributed by atoms with van der Waals surface area (Å²) in [5.41, 5.74) is 1.73. The van der Waals surface area contributed by atoms with Crippen LogP contribution < -0.4 is 5.32 Å². The van der Waals surface area contributed by atoms with Crippen LogP contribution in [0.15, 0.2) is 18.2 Å². The molecule has 0 radical (unpaired) electrons. The van der Waals surface area contributed by atoms with Crippen LogP contribution in [-0.2, 0) is 5.41 Å². The lowest BCUT2D eigenvalue weighted by Crippen LogP contribution is -2.19. The van der Waals surface area contributed by atoms with E-state index in [1.807, 2.05) is 12.1 Å². The van der Waals surface area contributed by atoms with Gasteiger partial charge in [-0.25, -0.2) is 0 Å². The topological polar surface area (TPSA) is 12.0 Å². The third-order valence-electron chi connectivity index (χ3n) is 3.56. The summed E-state index contributed by atoms with van der Waals surface area (Å²) in [6, 6.07) is 6.04. The second-order valence-corrected chi connectivity index (χ2v) is 5.13. The maximum atomic E-state index is 6.02. The molecular weight excluding hydrogens is 217 g/mol. The van der Waals surface area contributed by atoms with Crippen molar-refractivity contribution in [2.75, 3.05) is 13.1 Å². The Hall–Kier alpha value is -0.240. The molecular formula is C11H11Cl2N. The zero-order chi connectivity index (χ0) is 9.76. The van der Waals surface area contributed by atoms with Crippen LogP contribution in [0, 0.1) is 5.92 Å². The molecule has 1 aliphatic heterocycles. The van der Waals surface area contributed by atoms with Gasteiger partial charge in [-0.1, -0.05) is 29.3 Å². The standard InChI is InChI=1S/C11H11Cl2N/c12-9-2-1-7(3-10(9)13)11-4-8(11)5-14-6-11/h1-3,8,14H,4-6H2/t8-,11-/m0/s1. The molecule has 0 unspecified atom stereocenters. The Labute approximate surface area is 93.4 Å². The first-order valence-corrected chi connectivity index (χ1v) is 5.64. The van der Waals surface area contributed by atoms with E-state index in [2.05, 4.69) is 11.4 Å². The molecule has 1 aromatic carbocycles. The van der Waals surface area contributed by atoms with Crippen molar-refractivity contribution in [3.8, 4) is 0 Å². The number of hydrogen-bond acceptors (Lipinski definition) is 1. The number of fused-ring (bicyclic) bond motifs is 1. The molecule has 1 nitrogen and oxygen atoms in total. The van der Waals surface area contributed by atoms with E-state index in [9.17, 15) is 0 Å². The molecule has 1 saturated heterocycles. The van der Waals surface area contributed by atoms with Crippen LogP contribution in [-0.4, -0.2) is 13.1 Å². The fourth-order valence-electron chi connectivity index (χ4n) is 2.60. The highest BCUT2D eigenvalue weighted by Crippen LogP contribution is 2.56. The molecule has 1 N–H and O–H groups in total. The predicted octanol–water partition coefficient (Wildman–Crippen LogP) is 2.85. The minimum Gasteiger partial charge on any atom is -0.316 e. The van der Waals surface area contributed by atoms with Crippen LogP contribution >= 0.6 is 23.2 Å². The van der Waals surface area contributed by atoms with Crippen molar-refractivity contribution < 1.29 is 0 Å². The number of halogens is 2. The lowest BCUT2D eigenvalue weighted by Gasteiger charge is -2.12. The summed E-state index contributed by atoms with van der Waals surface area (Å²) in [5.74, 6) is 0.819. The second-order valence-electron chi connectivity index (χ2n) is 4.32. The van der Waals surface area contributed by atoms with Gasteiger partial charge in [-0.15, -0.1) is 0 Å². The number of nitrogens with one attached hydrogen (secondary N) is 1. The van der Waals surface area contributed by atoms with E-state index in [4.69, 9.17) is 23.2 Å². The normalized spacial score (nSPS) is 34.3. The van der Waals surface area contributed by atoms with Crippen LogP contribution in [0.1, 0.15) is 12.0 Å². The van der Waals surface area contributed by atoms with Gasteiger partial charge in [0.25, 0.3) is 0 Å². The number of piperidine rings is 1. The molecule has 3 heteroatoms. The molecule has 0 spiro atoms. The molecule has 74 valence electrons. The van der Waals surface area contributed by atoms with Crippen LogP contribution in [0.4, 0.5) is 0 Å². The molecule has 1 aromatic rings. The molecule has 2 aliphatic rings. The van der Waals surface area contributed by atoms with Gasteiger partial charge in [-0.2, -0.15) is 0 Å². The Kier molecular flexibility index (Phi) is 1.85. The van der Waals surface area contributed by atoms with Crippen molar-refractivity contribution in [3.05, 3.63) is 33.8 Å². The molecule has 14 heavy (non-hydrogen) atoms. The van der Waals surface area contributed by atoms with Gasteiger partial charge < -0.3 is 5.32 Å². The maximum Gasteiger partial charge on any atom is 0.0595 e. The molecule has 1 saturated carbocycles. The van der Waals surface area contributed by atoms with Crippen molar-refractivity contribution in [1.82, 2.24) is 5.32 Å². The first kappa shape index (κ1) is 9.02. The molecule has 1 aliphatic carbocycles. The van der Waals surface area contributed by atoms with E-state index in [-0.39, 0.29) is 0 Å². The zero-order valence-corrected chi connectivity index (χ0v) is 9.20. The molecule has 0 bridgehead atoms. The van der Waals surface area contributed by atoms with E-state index in [0.717, 1.165) is 19.0 Å². The minimum atomic E-state index is 0.383. The highest BCUT2D eigenvalue weighted by molar-refractivity contribution is 6.42. The van der Waals surface area contributed by atoms with Gasteiger partial charge in [0.2, 0.25) is 0 Å². The van der Waals surface area contributed by atoms with Crippen LogP contribution in [0.5, 0.6) is 0 Å². The highest BCUT2D eigenvalue weighted by Gasteiger charge is 2.57. The average molecular weight is 228 g/mol. The Morgan fingerprint density at radius 1 is 1.29 bits per heavy atom. The SMILES string of the molecule is Clc1ccc([C@]23CNC[C@@H]2C3)cc1Cl. The fraction of sp³-hybridized carbons (Fsp3) is 0.455. The average Bonchev–Trinajstić information content (AvgIpc) is 2.75. The van der Waals surface area contributed by atoms with Gasteiger partial charge in [0.1, 0.15) is 0 Å². The summed E-state index contributed by atoms with van der Waals surface area (Å²) in [4.78, 5) is 0. The Morgan fingerprint density at radius 2 is 2.14 bits per heavy atom. The molecule has 0 aromatic heterocycles. The zero-order valence-electron chi connectivity index (χ0n) is 7.69. The molecule has 2 atom stereocenters. The van der Waals surface area contributed by atoms with Crippen LogP contribution in [0.25, 0.3) is 0 Å². The summed E-state index contributed by atoms with van der Waals surface area (Å²) < 4.78 is 0. The Morgan fingerprint density at radius 3 is 2.71 bits per heavy atom. The number of rotatable bonds is 1. The largest absolute Gasteiger partial charge is 0.316 e. The van der Waals surface area contributed by atoms with Crippen molar-refractivity contribution >= 4 is 23.2 Å². The van der Waals surface area contributed by atoms with E-state index < -0.39 is 0 Å². The van der Waals surface area contributed by atoms with Gasteiger partial charge >= 0.3 is 0 Å². The van der Waals surface area contributed by atoms with Crippen LogP contribution in [0.3, 0.4) is 0 Å². The van der Waals surface area contributed by atoms with Crippen molar-refractivity contribution in [3.63, 3.8) is 0 Å². The van der Waals surface area contributed by atoms with Crippen molar-refractivity contribution in [2.45, 2.75) is 11.8 Å². The first-order valence-electron chi connectivity index (χ1n) is 4.89. The van der Waals surface area contributed by atoms with Crippen LogP contribution in [0.2, 0.25) is 10.0 Å². The van der Waals surface area contributed by atoms with Crippen molar-refractivity contribution in [1.29, 1.82) is 0 Å². The van der Waals surface area contributed by atoms with E-state index in [1.54, 1.807) is 0 Å². The summed E-state index contributed by atoms with van der Waals surface area (Å²) >= 11 is 11.9. The van der Waals surface area contributed by atoms with E-state index >= 15 is 0 Å². The molecule has 3 rings (SSSR count). The quantitative estimate of drug-likeness (QED) is 0.779. The summed E-state index contributed by atoms with van der Waals surface area (Å²) in [6.45, 7) is 2.25. The number of hydrogen-bond donors (Lipinski definition) is 1. The number of benzene rings is 1. The third-order valence-corrected chi connectivity index (χ3v) is 4.30. The predicted molar refractivity (Wildman–Crippen MR) is 59.1 cm³/mol.